The van der Waals surface area contributed by atoms with Crippen LogP contribution in [0.3, 0.4) is 0 Å². The Morgan fingerprint density at radius 1 is 1.17 bits per heavy atom. The molecule has 2 rings (SSSR count). The number of rotatable bonds is 21. The topological polar surface area (TPSA) is 230 Å². The number of aromatic nitrogens is 2. The van der Waals surface area contributed by atoms with Crippen molar-refractivity contribution >= 4 is 28.0 Å². The highest BCUT2D eigenvalue weighted by Crippen LogP contribution is 2.31. The molecule has 0 spiro atoms. The minimum Gasteiger partial charge on any atom is -0.463 e. The molecule has 0 radical (unpaired) electrons. The Hall–Kier alpha value is -4.33. The quantitative estimate of drug-likeness (QED) is 0.0632. The van der Waals surface area contributed by atoms with Crippen molar-refractivity contribution < 1.29 is 52.1 Å². The molecule has 0 amide bonds. The first-order valence-corrected chi connectivity index (χ1v) is 16.1. The molecule has 1 aromatic carbocycles. The number of carbonyl (C=O) groups excluding carboxylic acids is 1. The fourth-order valence-corrected chi connectivity index (χ4v) is 4.37. The van der Waals surface area contributed by atoms with Crippen molar-refractivity contribution in [2.45, 2.75) is 57.3 Å². The van der Waals surface area contributed by atoms with E-state index < -0.39 is 58.2 Å². The van der Waals surface area contributed by atoms with Crippen LogP contribution in [0.25, 0.3) is 17.3 Å². The third-order valence-electron chi connectivity index (χ3n) is 6.35. The highest BCUT2D eigenvalue weighted by molar-refractivity contribution is 7.92. The van der Waals surface area contributed by atoms with Gasteiger partial charge in [-0.2, -0.15) is 0 Å². The number of esters is 1. The van der Waals surface area contributed by atoms with E-state index in [1.165, 1.54) is 43.5 Å². The predicted octanol–water partition coefficient (Wildman–Crippen LogP) is 2.54. The van der Waals surface area contributed by atoms with Crippen molar-refractivity contribution in [3.63, 3.8) is 0 Å². The summed E-state index contributed by atoms with van der Waals surface area (Å²) in [6, 6.07) is 5.36. The van der Waals surface area contributed by atoms with Crippen LogP contribution in [0.1, 0.15) is 50.3 Å². The Labute approximate surface area is 270 Å². The third kappa shape index (κ3) is 13.5. The average Bonchev–Trinajstić information content (AvgIpc) is 2.99. The van der Waals surface area contributed by atoms with Gasteiger partial charge in [-0.3, -0.25) is 4.79 Å². The maximum absolute atomic E-state index is 13.7. The molecule has 2 unspecified atom stereocenters. The minimum absolute atomic E-state index is 0.0183. The van der Waals surface area contributed by atoms with E-state index >= 15 is 0 Å². The average molecular weight is 688 g/mol. The fraction of sp³-hybridized carbons (Fsp3) is 0.536. The smallest absolute Gasteiger partial charge is 0.308 e. The molecule has 0 saturated carbocycles. The number of aliphatic hydroxyl groups excluding tert-OH is 2. The molecule has 0 fully saturated rings. The number of carbonyl (C=O) groups is 1. The molecule has 260 valence electrons. The molecule has 0 bridgehead atoms. The molecule has 1 heterocycles. The lowest BCUT2D eigenvalue weighted by molar-refractivity contribution is -0.769. The second-order valence-electron chi connectivity index (χ2n) is 10.6. The highest BCUT2D eigenvalue weighted by atomic mass is 32.2. The molecule has 19 heteroatoms. The van der Waals surface area contributed by atoms with Crippen LogP contribution in [-0.4, -0.2) is 97.7 Å². The van der Waals surface area contributed by atoms with Crippen LogP contribution < -0.4 is 4.31 Å². The molecule has 0 aliphatic heterocycles. The zero-order valence-electron chi connectivity index (χ0n) is 26.2. The van der Waals surface area contributed by atoms with E-state index in [4.69, 9.17) is 9.47 Å². The van der Waals surface area contributed by atoms with Crippen LogP contribution in [-0.2, 0) is 34.0 Å². The predicted molar refractivity (Wildman–Crippen MR) is 165 cm³/mol. The maximum Gasteiger partial charge on any atom is 0.308 e. The number of sulfonamides is 1. The number of hydrogen-bond donors (Lipinski definition) is 2. The third-order valence-corrected chi connectivity index (χ3v) is 7.51. The largest absolute Gasteiger partial charge is 0.463 e. The van der Waals surface area contributed by atoms with Gasteiger partial charge in [0.15, 0.2) is 11.4 Å². The number of aliphatic hydroxyl groups is 2. The van der Waals surface area contributed by atoms with Crippen molar-refractivity contribution in [2.75, 3.05) is 44.0 Å². The first kappa shape index (κ1) is 38.9. The van der Waals surface area contributed by atoms with E-state index in [1.807, 2.05) is 13.8 Å². The molecule has 17 nitrogen and oxygen atoms in total. The van der Waals surface area contributed by atoms with Crippen molar-refractivity contribution in [3.05, 3.63) is 62.4 Å². The van der Waals surface area contributed by atoms with E-state index in [0.717, 1.165) is 10.6 Å². The van der Waals surface area contributed by atoms with Gasteiger partial charge in [-0.1, -0.05) is 26.0 Å². The first-order valence-electron chi connectivity index (χ1n) is 14.3. The number of benzene rings is 1. The van der Waals surface area contributed by atoms with Crippen LogP contribution in [0.5, 0.6) is 0 Å². The summed E-state index contributed by atoms with van der Waals surface area (Å²) in [6.45, 7) is 2.80. The van der Waals surface area contributed by atoms with Gasteiger partial charge in [0.2, 0.25) is 16.0 Å². The van der Waals surface area contributed by atoms with E-state index in [2.05, 4.69) is 25.0 Å². The van der Waals surface area contributed by atoms with E-state index in [1.54, 1.807) is 0 Å². The van der Waals surface area contributed by atoms with Gasteiger partial charge in [-0.05, 0) is 30.2 Å². The number of hydrogen-bond acceptors (Lipinski definition) is 15. The summed E-state index contributed by atoms with van der Waals surface area (Å²) in [6.07, 6.45) is -0.683. The summed E-state index contributed by atoms with van der Waals surface area (Å²) in [4.78, 5) is 50.4. The van der Waals surface area contributed by atoms with Crippen LogP contribution in [0.4, 0.5) is 10.3 Å². The van der Waals surface area contributed by atoms with Gasteiger partial charge in [0.05, 0.1) is 49.5 Å². The van der Waals surface area contributed by atoms with Crippen LogP contribution in [0, 0.1) is 20.8 Å². The highest BCUT2D eigenvalue weighted by Gasteiger charge is 2.23. The maximum atomic E-state index is 13.7. The number of halogens is 1. The Bertz CT molecular complexity index is 1480. The lowest BCUT2D eigenvalue weighted by atomic mass is 9.97. The standard InChI is InChI=1S/C28H38FN5O12S/c1-18(2)26-24(27(19-6-8-20(29)9-7-19)31-28(30-26)33(3)47(4,41)42)11-10-21(35)14-22(36)15-25(37)44-17-23(46-34(39)40)16-43-12-5-13-45-32-38/h6-11,18,21-23,35-36H,5,12-17H2,1-4H3/b11-10+/t21?,22-,23?/m1/s1. The molecule has 0 saturated heterocycles. The zero-order valence-corrected chi connectivity index (χ0v) is 27.0. The molecular weight excluding hydrogens is 649 g/mol. The molecule has 0 aliphatic rings. The van der Waals surface area contributed by atoms with Gasteiger partial charge in [-0.25, -0.2) is 27.1 Å². The number of anilines is 1. The number of ether oxygens (including phenoxy) is 2. The molecule has 3 atom stereocenters. The fourth-order valence-electron chi connectivity index (χ4n) is 3.99. The van der Waals surface area contributed by atoms with Crippen molar-refractivity contribution in [1.82, 2.24) is 9.97 Å². The summed E-state index contributed by atoms with van der Waals surface area (Å²) in [5.74, 6) is -1.77. The second kappa shape index (κ2) is 18.7. The van der Waals surface area contributed by atoms with Crippen LogP contribution >= 0.6 is 0 Å². The molecule has 2 N–H and O–H groups in total. The molecular formula is C28H38FN5O12S. The van der Waals surface area contributed by atoms with Gasteiger partial charge in [0, 0.05) is 31.0 Å². The summed E-state index contributed by atoms with van der Waals surface area (Å²) < 4.78 is 49.2. The van der Waals surface area contributed by atoms with Crippen LogP contribution in [0.15, 0.2) is 35.7 Å². The summed E-state index contributed by atoms with van der Waals surface area (Å²) in [5.41, 5.74) is 1.56. The van der Waals surface area contributed by atoms with Crippen molar-refractivity contribution in [1.29, 1.82) is 0 Å². The number of nitrogens with zero attached hydrogens (tertiary/aromatic N) is 5. The first-order chi connectivity index (χ1) is 22.1. The Morgan fingerprint density at radius 3 is 2.45 bits per heavy atom. The minimum atomic E-state index is -3.72. The summed E-state index contributed by atoms with van der Waals surface area (Å²) in [5, 5.41) is 32.9. The Morgan fingerprint density at radius 2 is 1.85 bits per heavy atom. The van der Waals surface area contributed by atoms with Gasteiger partial charge in [0.1, 0.15) is 19.0 Å². The molecule has 47 heavy (non-hydrogen) atoms. The van der Waals surface area contributed by atoms with E-state index in [-0.39, 0.29) is 50.2 Å². The van der Waals surface area contributed by atoms with Gasteiger partial charge in [-0.15, -0.1) is 15.0 Å². The summed E-state index contributed by atoms with van der Waals surface area (Å²) in [7, 11) is -2.43. The lowest BCUT2D eigenvalue weighted by Crippen LogP contribution is -2.30. The Balaban J connectivity index is 2.14. The molecule has 1 aromatic heterocycles. The van der Waals surface area contributed by atoms with Crippen molar-refractivity contribution in [3.8, 4) is 11.3 Å². The van der Waals surface area contributed by atoms with E-state index in [9.17, 15) is 42.8 Å². The van der Waals surface area contributed by atoms with Gasteiger partial charge in [0.25, 0.3) is 5.09 Å². The van der Waals surface area contributed by atoms with Crippen LogP contribution in [0.2, 0.25) is 0 Å². The molecule has 0 aliphatic carbocycles. The van der Waals surface area contributed by atoms with Gasteiger partial charge < -0.3 is 29.4 Å². The molecule has 2 aromatic rings. The normalized spacial score (nSPS) is 13.6. The van der Waals surface area contributed by atoms with Gasteiger partial charge >= 0.3 is 5.97 Å². The van der Waals surface area contributed by atoms with E-state index in [0.29, 0.717) is 16.8 Å². The Kier molecular flexibility index (Phi) is 15.5. The monoisotopic (exact) mass is 687 g/mol. The zero-order chi connectivity index (χ0) is 35.1. The second-order valence-corrected chi connectivity index (χ2v) is 12.6. The summed E-state index contributed by atoms with van der Waals surface area (Å²) >= 11 is 0. The van der Waals surface area contributed by atoms with Crippen molar-refractivity contribution in [2.24, 2.45) is 5.34 Å². The SMILES string of the molecule is CC(C)c1nc(N(C)S(C)(=O)=O)nc(-c2ccc(F)cc2)c1/C=C/C(O)C[C@@H](O)CC(=O)OCC(COCCCON=O)O[N+](=O)[O-]. The lowest BCUT2D eigenvalue weighted by Gasteiger charge is -2.20.